The van der Waals surface area contributed by atoms with Crippen LogP contribution in [-0.4, -0.2) is 71.3 Å². The smallest absolute Gasteiger partial charge is 0.253 e. The van der Waals surface area contributed by atoms with Gasteiger partial charge in [-0.1, -0.05) is 36.4 Å². The van der Waals surface area contributed by atoms with Crippen LogP contribution < -0.4 is 0 Å². The van der Waals surface area contributed by atoms with Gasteiger partial charge >= 0.3 is 0 Å². The first-order valence-electron chi connectivity index (χ1n) is 10.9. The number of hydrogen-bond donors (Lipinski definition) is 2. The fraction of sp³-hybridized carbons (Fsp3) is 0.360. The van der Waals surface area contributed by atoms with E-state index in [1.54, 1.807) is 11.9 Å². The predicted octanol–water partition coefficient (Wildman–Crippen LogP) is 3.90. The fourth-order valence-corrected chi connectivity index (χ4v) is 4.11. The van der Waals surface area contributed by atoms with Gasteiger partial charge < -0.3 is 19.9 Å². The van der Waals surface area contributed by atoms with Crippen molar-refractivity contribution in [1.82, 2.24) is 14.8 Å². The van der Waals surface area contributed by atoms with Gasteiger partial charge in [0.05, 0.1) is 17.3 Å². The Morgan fingerprint density at radius 1 is 1.16 bits per heavy atom. The number of H-pyrrole nitrogens is 1. The molecule has 0 radical (unpaired) electrons. The lowest BCUT2D eigenvalue weighted by atomic mass is 9.98. The molecule has 1 aliphatic heterocycles. The Hall–Kier alpha value is -3.12. The Labute approximate surface area is 183 Å². The lowest BCUT2D eigenvalue weighted by Crippen LogP contribution is -2.32. The zero-order chi connectivity index (χ0) is 22.0. The molecule has 1 saturated heterocycles. The largest absolute Gasteiger partial charge is 0.494 e. The number of aromatic hydroxyl groups is 1. The summed E-state index contributed by atoms with van der Waals surface area (Å²) in [6.45, 7) is 4.62. The second-order valence-corrected chi connectivity index (χ2v) is 8.31. The van der Waals surface area contributed by atoms with Crippen molar-refractivity contribution in [2.45, 2.75) is 25.8 Å². The van der Waals surface area contributed by atoms with E-state index in [-0.39, 0.29) is 17.8 Å². The highest BCUT2D eigenvalue weighted by molar-refractivity contribution is 6.21. The van der Waals surface area contributed by atoms with Gasteiger partial charge in [0.15, 0.2) is 5.88 Å². The second kappa shape index (κ2) is 8.94. The summed E-state index contributed by atoms with van der Waals surface area (Å²) < 4.78 is 0. The van der Waals surface area contributed by atoms with Gasteiger partial charge in [-0.2, -0.15) is 0 Å². The van der Waals surface area contributed by atoms with E-state index in [0.717, 1.165) is 48.1 Å². The molecule has 6 nitrogen and oxygen atoms in total. The average Bonchev–Trinajstić information content (AvgIpc) is 3.13. The van der Waals surface area contributed by atoms with E-state index in [1.165, 1.54) is 0 Å². The number of carbonyl (C=O) groups is 1. The van der Waals surface area contributed by atoms with E-state index in [9.17, 15) is 9.90 Å². The van der Waals surface area contributed by atoms with Crippen molar-refractivity contribution in [2.24, 2.45) is 4.99 Å². The molecule has 0 saturated carbocycles. The quantitative estimate of drug-likeness (QED) is 0.618. The highest BCUT2D eigenvalue weighted by Gasteiger charge is 2.23. The lowest BCUT2D eigenvalue weighted by Gasteiger charge is -2.27. The summed E-state index contributed by atoms with van der Waals surface area (Å²) in [4.78, 5) is 24.8. The van der Waals surface area contributed by atoms with Crippen molar-refractivity contribution in [3.63, 3.8) is 0 Å². The van der Waals surface area contributed by atoms with Gasteiger partial charge in [-0.25, -0.2) is 0 Å². The van der Waals surface area contributed by atoms with Gasteiger partial charge in [0.25, 0.3) is 5.91 Å². The van der Waals surface area contributed by atoms with Crippen LogP contribution in [0.5, 0.6) is 5.88 Å². The maximum Gasteiger partial charge on any atom is 0.253 e. The number of hydrogen-bond acceptors (Lipinski definition) is 4. The van der Waals surface area contributed by atoms with Crippen LogP contribution in [0.4, 0.5) is 0 Å². The normalized spacial score (nSPS) is 16.0. The predicted molar refractivity (Wildman–Crippen MR) is 125 cm³/mol. The molecule has 162 valence electrons. The number of nitrogens with zero attached hydrogens (tertiary/aromatic N) is 3. The number of fused-ring (bicyclic) bond motifs is 1. The molecule has 0 bridgehead atoms. The summed E-state index contributed by atoms with van der Waals surface area (Å²) in [7, 11) is 3.92. The standard InChI is InChI=1S/C25H30N4O2/c1-4-29(3)25(31)18-10-11-20-21(16-18)27-24(30)22(20)23(17-8-6-5-7-9-17)26-19-12-14-28(2)15-13-19/h5-11,16,19,27,30H,4,12-15H2,1-3H3. The van der Waals surface area contributed by atoms with E-state index < -0.39 is 0 Å². The molecule has 1 aliphatic rings. The SMILES string of the molecule is CCN(C)C(=O)c1ccc2c(C(=NC3CCN(C)CC3)c3ccccc3)c(O)[nH]c2c1. The molecule has 3 aromatic rings. The molecular formula is C25H30N4O2. The molecule has 1 aromatic heterocycles. The monoisotopic (exact) mass is 418 g/mol. The van der Waals surface area contributed by atoms with Gasteiger partial charge in [-0.15, -0.1) is 0 Å². The number of carbonyl (C=O) groups excluding carboxylic acids is 1. The van der Waals surface area contributed by atoms with Crippen LogP contribution in [0, 0.1) is 0 Å². The van der Waals surface area contributed by atoms with E-state index in [1.807, 2.05) is 55.5 Å². The Bertz CT molecular complexity index is 1100. The second-order valence-electron chi connectivity index (χ2n) is 8.31. The van der Waals surface area contributed by atoms with Crippen molar-refractivity contribution < 1.29 is 9.90 Å². The fourth-order valence-electron chi connectivity index (χ4n) is 4.11. The maximum atomic E-state index is 12.6. The van der Waals surface area contributed by atoms with E-state index in [4.69, 9.17) is 4.99 Å². The lowest BCUT2D eigenvalue weighted by molar-refractivity contribution is 0.0802. The van der Waals surface area contributed by atoms with Crippen LogP contribution in [0.3, 0.4) is 0 Å². The Balaban J connectivity index is 1.80. The minimum atomic E-state index is -0.0386. The van der Waals surface area contributed by atoms with Gasteiger partial charge in [-0.3, -0.25) is 9.79 Å². The molecule has 2 heterocycles. The molecule has 2 aromatic carbocycles. The summed E-state index contributed by atoms with van der Waals surface area (Å²) in [5.74, 6) is 0.0438. The number of rotatable bonds is 5. The first kappa shape index (κ1) is 21.1. The van der Waals surface area contributed by atoms with Crippen molar-refractivity contribution in [1.29, 1.82) is 0 Å². The molecule has 31 heavy (non-hydrogen) atoms. The Morgan fingerprint density at radius 2 is 1.87 bits per heavy atom. The highest BCUT2D eigenvalue weighted by Crippen LogP contribution is 2.32. The zero-order valence-corrected chi connectivity index (χ0v) is 18.4. The first-order chi connectivity index (χ1) is 15.0. The topological polar surface area (TPSA) is 71.9 Å². The zero-order valence-electron chi connectivity index (χ0n) is 18.4. The molecule has 1 amide bonds. The van der Waals surface area contributed by atoms with Crippen molar-refractivity contribution >= 4 is 22.5 Å². The Morgan fingerprint density at radius 3 is 2.55 bits per heavy atom. The third kappa shape index (κ3) is 4.35. The minimum absolute atomic E-state index is 0.0386. The highest BCUT2D eigenvalue weighted by atomic mass is 16.3. The third-order valence-corrected chi connectivity index (χ3v) is 6.13. The number of benzene rings is 2. The number of aromatic amines is 1. The van der Waals surface area contributed by atoms with Gasteiger partial charge in [0.2, 0.25) is 0 Å². The van der Waals surface area contributed by atoms with Crippen LogP contribution in [-0.2, 0) is 0 Å². The maximum absolute atomic E-state index is 12.6. The number of aliphatic imine (C=N–C) groups is 1. The molecular weight excluding hydrogens is 388 g/mol. The van der Waals surface area contributed by atoms with Crippen LogP contribution >= 0.6 is 0 Å². The van der Waals surface area contributed by atoms with E-state index in [2.05, 4.69) is 16.9 Å². The first-order valence-corrected chi connectivity index (χ1v) is 10.9. The van der Waals surface area contributed by atoms with Gasteiger partial charge in [-0.05, 0) is 52.0 Å². The van der Waals surface area contributed by atoms with Crippen LogP contribution in [0.15, 0.2) is 53.5 Å². The van der Waals surface area contributed by atoms with E-state index in [0.29, 0.717) is 17.7 Å². The minimum Gasteiger partial charge on any atom is -0.494 e. The molecule has 0 aliphatic carbocycles. The average molecular weight is 419 g/mol. The summed E-state index contributed by atoms with van der Waals surface area (Å²) in [5, 5.41) is 11.7. The molecule has 0 spiro atoms. The molecule has 1 fully saturated rings. The molecule has 2 N–H and O–H groups in total. The number of amides is 1. The molecule has 0 atom stereocenters. The van der Waals surface area contributed by atoms with Crippen molar-refractivity contribution in [2.75, 3.05) is 33.7 Å². The molecule has 4 rings (SSSR count). The number of likely N-dealkylation sites (tertiary alicyclic amines) is 1. The third-order valence-electron chi connectivity index (χ3n) is 6.13. The van der Waals surface area contributed by atoms with Crippen molar-refractivity contribution in [3.05, 3.63) is 65.2 Å². The van der Waals surface area contributed by atoms with E-state index >= 15 is 0 Å². The summed E-state index contributed by atoms with van der Waals surface area (Å²) >= 11 is 0. The van der Waals surface area contributed by atoms with Gasteiger partial charge in [0, 0.05) is 35.6 Å². The van der Waals surface area contributed by atoms with Crippen molar-refractivity contribution in [3.8, 4) is 5.88 Å². The summed E-state index contributed by atoms with van der Waals surface area (Å²) in [6, 6.07) is 15.8. The van der Waals surface area contributed by atoms with Crippen LogP contribution in [0.25, 0.3) is 10.9 Å². The Kier molecular flexibility index (Phi) is 6.09. The molecule has 0 unspecified atom stereocenters. The molecule has 6 heteroatoms. The summed E-state index contributed by atoms with van der Waals surface area (Å²) in [6.07, 6.45) is 2.00. The van der Waals surface area contributed by atoms with Crippen LogP contribution in [0.1, 0.15) is 41.3 Å². The number of piperidine rings is 1. The van der Waals surface area contributed by atoms with Gasteiger partial charge in [0.1, 0.15) is 0 Å². The number of nitrogens with one attached hydrogen (secondary N) is 1. The number of aromatic nitrogens is 1. The summed E-state index contributed by atoms with van der Waals surface area (Å²) in [5.41, 5.74) is 3.79. The van der Waals surface area contributed by atoms with Crippen LogP contribution in [0.2, 0.25) is 0 Å².